The first-order valence-electron chi connectivity index (χ1n) is 5.98. The fourth-order valence-corrected chi connectivity index (χ4v) is 1.66. The van der Waals surface area contributed by atoms with E-state index in [1.807, 2.05) is 0 Å². The summed E-state index contributed by atoms with van der Waals surface area (Å²) in [6.45, 7) is 1.41. The Bertz CT molecular complexity index is 506. The zero-order chi connectivity index (χ0) is 16.0. The molecule has 1 rings (SSSR count). The van der Waals surface area contributed by atoms with Crippen molar-refractivity contribution in [3.63, 3.8) is 0 Å². The van der Waals surface area contributed by atoms with Gasteiger partial charge in [0.1, 0.15) is 5.75 Å². The van der Waals surface area contributed by atoms with Crippen LogP contribution in [0.1, 0.15) is 18.1 Å². The molecule has 118 valence electrons. The van der Waals surface area contributed by atoms with Crippen LogP contribution < -0.4 is 15.2 Å². The molecule has 0 spiro atoms. The number of hydrogen-bond acceptors (Lipinski definition) is 6. The summed E-state index contributed by atoms with van der Waals surface area (Å²) in [5.74, 6) is -1.37. The predicted molar refractivity (Wildman–Crippen MR) is 65.7 cm³/mol. The van der Waals surface area contributed by atoms with Gasteiger partial charge in [-0.05, 0) is 6.92 Å². The van der Waals surface area contributed by atoms with Crippen molar-refractivity contribution in [1.82, 2.24) is 4.98 Å². The normalized spacial score (nSPS) is 11.1. The quantitative estimate of drug-likeness (QED) is 0.803. The Kier molecular flexibility index (Phi) is 5.77. The number of esters is 1. The summed E-state index contributed by atoms with van der Waals surface area (Å²) < 4.78 is 51.1. The zero-order valence-electron chi connectivity index (χ0n) is 11.5. The molecule has 1 aromatic rings. The Morgan fingerprint density at radius 1 is 1.43 bits per heavy atom. The number of hydrogen-bond donors (Lipinski definition) is 1. The topological polar surface area (TPSA) is 83.7 Å². The van der Waals surface area contributed by atoms with Gasteiger partial charge in [-0.3, -0.25) is 4.79 Å². The predicted octanol–water partition coefficient (Wildman–Crippen LogP) is 1.55. The van der Waals surface area contributed by atoms with E-state index in [0.29, 0.717) is 0 Å². The molecule has 9 heteroatoms. The van der Waals surface area contributed by atoms with E-state index in [2.05, 4.69) is 9.72 Å². The van der Waals surface area contributed by atoms with Crippen LogP contribution in [0.25, 0.3) is 0 Å². The summed E-state index contributed by atoms with van der Waals surface area (Å²) in [6.07, 6.45) is -4.28. The van der Waals surface area contributed by atoms with Crippen LogP contribution in [0.4, 0.5) is 13.2 Å². The van der Waals surface area contributed by atoms with Gasteiger partial charge in [0, 0.05) is 18.3 Å². The minimum Gasteiger partial charge on any atom is -0.481 e. The number of ether oxygens (including phenoxy) is 3. The molecular formula is C12H15F3N2O4. The number of carbonyl (C=O) groups is 1. The minimum atomic E-state index is -4.93. The molecule has 1 aromatic heterocycles. The maximum Gasteiger partial charge on any atom is 0.573 e. The van der Waals surface area contributed by atoms with Gasteiger partial charge in [-0.15, -0.1) is 13.2 Å². The molecule has 0 aliphatic heterocycles. The van der Waals surface area contributed by atoms with Crippen molar-refractivity contribution in [3.8, 4) is 11.6 Å². The molecule has 0 amide bonds. The molecule has 1 heterocycles. The van der Waals surface area contributed by atoms with Gasteiger partial charge in [-0.2, -0.15) is 0 Å². The number of alkyl halides is 3. The molecule has 0 unspecified atom stereocenters. The zero-order valence-corrected chi connectivity index (χ0v) is 11.5. The second kappa shape index (κ2) is 7.11. The third-order valence-corrected chi connectivity index (χ3v) is 2.42. The van der Waals surface area contributed by atoms with Crippen molar-refractivity contribution in [2.75, 3.05) is 13.7 Å². The fourth-order valence-electron chi connectivity index (χ4n) is 1.66. The Hall–Kier alpha value is -2.03. The Labute approximate surface area is 119 Å². The van der Waals surface area contributed by atoms with Gasteiger partial charge in [-0.25, -0.2) is 4.98 Å². The van der Waals surface area contributed by atoms with Gasteiger partial charge in [-0.1, -0.05) is 0 Å². The summed E-state index contributed by atoms with van der Waals surface area (Å²) >= 11 is 0. The van der Waals surface area contributed by atoms with Crippen molar-refractivity contribution in [1.29, 1.82) is 0 Å². The second-order valence-corrected chi connectivity index (χ2v) is 3.83. The molecule has 0 fully saturated rings. The number of methoxy groups -OCH3 is 1. The molecular weight excluding hydrogens is 293 g/mol. The first-order chi connectivity index (χ1) is 9.82. The van der Waals surface area contributed by atoms with E-state index in [4.69, 9.17) is 15.2 Å². The highest BCUT2D eigenvalue weighted by molar-refractivity contribution is 5.74. The number of rotatable bonds is 6. The molecule has 0 aromatic carbocycles. The van der Waals surface area contributed by atoms with Crippen LogP contribution in [-0.4, -0.2) is 31.0 Å². The van der Waals surface area contributed by atoms with E-state index in [1.54, 1.807) is 6.92 Å². The van der Waals surface area contributed by atoms with Crippen molar-refractivity contribution >= 4 is 5.97 Å². The largest absolute Gasteiger partial charge is 0.573 e. The minimum absolute atomic E-state index is 0.0726. The highest BCUT2D eigenvalue weighted by Gasteiger charge is 2.34. The number of nitrogens with two attached hydrogens (primary N) is 1. The van der Waals surface area contributed by atoms with Crippen molar-refractivity contribution < 1.29 is 32.2 Å². The molecule has 0 bridgehead atoms. The molecule has 0 atom stereocenters. The van der Waals surface area contributed by atoms with Crippen molar-refractivity contribution in [3.05, 3.63) is 17.3 Å². The van der Waals surface area contributed by atoms with Gasteiger partial charge >= 0.3 is 12.3 Å². The summed E-state index contributed by atoms with van der Waals surface area (Å²) in [5, 5.41) is 0. The Morgan fingerprint density at radius 3 is 2.57 bits per heavy atom. The van der Waals surface area contributed by atoms with Gasteiger partial charge in [0.25, 0.3) is 0 Å². The molecule has 6 nitrogen and oxygen atoms in total. The first-order valence-corrected chi connectivity index (χ1v) is 5.98. The van der Waals surface area contributed by atoms with Crippen LogP contribution in [0.15, 0.2) is 6.20 Å². The van der Waals surface area contributed by atoms with E-state index in [-0.39, 0.29) is 30.2 Å². The monoisotopic (exact) mass is 308 g/mol. The lowest BCUT2D eigenvalue weighted by molar-refractivity contribution is -0.275. The molecule has 0 saturated carbocycles. The van der Waals surface area contributed by atoms with Crippen LogP contribution in [0.5, 0.6) is 11.6 Å². The molecule has 21 heavy (non-hydrogen) atoms. The van der Waals surface area contributed by atoms with Gasteiger partial charge < -0.3 is 19.9 Å². The Morgan fingerprint density at radius 2 is 2.10 bits per heavy atom. The Balaban J connectivity index is 3.25. The lowest BCUT2D eigenvalue weighted by Gasteiger charge is -2.17. The summed E-state index contributed by atoms with van der Waals surface area (Å²) in [7, 11) is 1.24. The lowest BCUT2D eigenvalue weighted by Crippen LogP contribution is -2.21. The van der Waals surface area contributed by atoms with E-state index in [0.717, 1.165) is 6.20 Å². The first kappa shape index (κ1) is 17.0. The van der Waals surface area contributed by atoms with Gasteiger partial charge in [0.05, 0.1) is 25.7 Å². The number of carbonyl (C=O) groups excluding carboxylic acids is 1. The average Bonchev–Trinajstić information content (AvgIpc) is 2.39. The third-order valence-electron chi connectivity index (χ3n) is 2.42. The second-order valence-electron chi connectivity index (χ2n) is 3.83. The maximum atomic E-state index is 12.5. The molecule has 0 saturated heterocycles. The van der Waals surface area contributed by atoms with Gasteiger partial charge in [0.15, 0.2) is 0 Å². The smallest absolute Gasteiger partial charge is 0.481 e. The SMILES string of the molecule is CCOC(=O)Cc1cnc(OC)c(CN)c1OC(F)(F)F. The molecule has 2 N–H and O–H groups in total. The average molecular weight is 308 g/mol. The van der Waals surface area contributed by atoms with Crippen LogP contribution in [0, 0.1) is 0 Å². The van der Waals surface area contributed by atoms with E-state index < -0.39 is 24.5 Å². The summed E-state index contributed by atoms with van der Waals surface area (Å²) in [5.41, 5.74) is 5.27. The van der Waals surface area contributed by atoms with Crippen molar-refractivity contribution in [2.45, 2.75) is 26.3 Å². The van der Waals surface area contributed by atoms with E-state index in [9.17, 15) is 18.0 Å². The standard InChI is InChI=1S/C12H15F3N2O4/c1-3-20-9(18)4-7-6-17-11(19-2)8(5-16)10(7)21-12(13,14)15/h6H,3-5,16H2,1-2H3. The highest BCUT2D eigenvalue weighted by atomic mass is 19.4. The van der Waals surface area contributed by atoms with Gasteiger partial charge in [0.2, 0.25) is 5.88 Å². The summed E-state index contributed by atoms with van der Waals surface area (Å²) in [4.78, 5) is 15.2. The van der Waals surface area contributed by atoms with Crippen LogP contribution in [-0.2, 0) is 22.5 Å². The molecule has 0 radical (unpaired) electrons. The third kappa shape index (κ3) is 4.78. The summed E-state index contributed by atoms with van der Waals surface area (Å²) in [6, 6.07) is 0. The van der Waals surface area contributed by atoms with Crippen LogP contribution >= 0.6 is 0 Å². The number of pyridine rings is 1. The van der Waals surface area contributed by atoms with E-state index in [1.165, 1.54) is 7.11 Å². The number of nitrogens with zero attached hydrogens (tertiary/aromatic N) is 1. The molecule has 0 aliphatic rings. The van der Waals surface area contributed by atoms with Crippen molar-refractivity contribution in [2.24, 2.45) is 5.73 Å². The number of aromatic nitrogens is 1. The van der Waals surface area contributed by atoms with Crippen LogP contribution in [0.3, 0.4) is 0 Å². The van der Waals surface area contributed by atoms with E-state index >= 15 is 0 Å². The number of halogens is 3. The fraction of sp³-hybridized carbons (Fsp3) is 0.500. The lowest BCUT2D eigenvalue weighted by atomic mass is 10.1. The maximum absolute atomic E-state index is 12.5. The van der Waals surface area contributed by atoms with Crippen LogP contribution in [0.2, 0.25) is 0 Å². The molecule has 0 aliphatic carbocycles. The highest BCUT2D eigenvalue weighted by Crippen LogP contribution is 2.34.